The van der Waals surface area contributed by atoms with E-state index in [4.69, 9.17) is 11.6 Å². The Morgan fingerprint density at radius 3 is 2.71 bits per heavy atom. The van der Waals surface area contributed by atoms with Gasteiger partial charge in [-0.25, -0.2) is 0 Å². The van der Waals surface area contributed by atoms with Crippen molar-refractivity contribution in [3.63, 3.8) is 0 Å². The molecule has 4 heteroatoms. The van der Waals surface area contributed by atoms with Crippen LogP contribution >= 0.6 is 11.6 Å². The highest BCUT2D eigenvalue weighted by Gasteiger charge is 2.31. The summed E-state index contributed by atoms with van der Waals surface area (Å²) in [6, 6.07) is 17.8. The van der Waals surface area contributed by atoms with E-state index in [0.717, 1.165) is 16.5 Å². The number of hydrogen-bond donors (Lipinski definition) is 0. The van der Waals surface area contributed by atoms with Crippen LogP contribution in [0.2, 0.25) is 5.02 Å². The third kappa shape index (κ3) is 2.42. The number of amides is 1. The van der Waals surface area contributed by atoms with E-state index >= 15 is 0 Å². The number of aromatic nitrogens is 1. The second-order valence-electron chi connectivity index (χ2n) is 6.08. The lowest BCUT2D eigenvalue weighted by molar-refractivity contribution is 0.0676. The molecule has 3 aromatic rings. The zero-order valence-corrected chi connectivity index (χ0v) is 13.9. The summed E-state index contributed by atoms with van der Waals surface area (Å²) in [4.78, 5) is 14.9. The minimum absolute atomic E-state index is 0.0392. The number of rotatable bonds is 3. The Hall–Kier alpha value is -2.52. The van der Waals surface area contributed by atoms with Gasteiger partial charge in [0.1, 0.15) is 5.69 Å². The molecule has 1 atom stereocenters. The van der Waals surface area contributed by atoms with Gasteiger partial charge >= 0.3 is 0 Å². The van der Waals surface area contributed by atoms with Gasteiger partial charge in [-0.1, -0.05) is 54.1 Å². The molecule has 0 radical (unpaired) electrons. The van der Waals surface area contributed by atoms with Crippen LogP contribution in [0.4, 0.5) is 0 Å². The van der Waals surface area contributed by atoms with Crippen LogP contribution in [0.3, 0.4) is 0 Å². The molecule has 1 amide bonds. The fourth-order valence-corrected chi connectivity index (χ4v) is 3.55. The van der Waals surface area contributed by atoms with Crippen LogP contribution in [0.15, 0.2) is 67.3 Å². The number of carbonyl (C=O) groups is 1. The summed E-state index contributed by atoms with van der Waals surface area (Å²) in [5, 5.41) is 1.70. The highest BCUT2D eigenvalue weighted by atomic mass is 35.5. The molecule has 0 bridgehead atoms. The van der Waals surface area contributed by atoms with E-state index in [1.807, 2.05) is 65.6 Å². The zero-order valence-electron chi connectivity index (χ0n) is 13.2. The molecule has 2 heterocycles. The Morgan fingerprint density at radius 2 is 1.96 bits per heavy atom. The Bertz CT molecular complexity index is 929. The first-order valence-corrected chi connectivity index (χ1v) is 8.31. The van der Waals surface area contributed by atoms with E-state index in [1.165, 1.54) is 0 Å². The molecule has 24 heavy (non-hydrogen) atoms. The van der Waals surface area contributed by atoms with E-state index < -0.39 is 0 Å². The average molecular weight is 337 g/mol. The summed E-state index contributed by atoms with van der Waals surface area (Å²) in [5.74, 6) is 0.0456. The van der Waals surface area contributed by atoms with Crippen molar-refractivity contribution in [3.8, 4) is 0 Å². The first-order valence-electron chi connectivity index (χ1n) is 7.93. The highest BCUT2D eigenvalue weighted by molar-refractivity contribution is 6.31. The molecule has 0 fully saturated rings. The van der Waals surface area contributed by atoms with Gasteiger partial charge in [0.2, 0.25) is 0 Å². The summed E-state index contributed by atoms with van der Waals surface area (Å²) >= 11 is 6.15. The second kappa shape index (κ2) is 5.84. The van der Waals surface area contributed by atoms with Crippen LogP contribution in [0.1, 0.15) is 22.1 Å². The van der Waals surface area contributed by atoms with Gasteiger partial charge in [-0.2, -0.15) is 0 Å². The molecule has 0 saturated carbocycles. The topological polar surface area (TPSA) is 25.2 Å². The monoisotopic (exact) mass is 336 g/mol. The third-order valence-electron chi connectivity index (χ3n) is 4.54. The molecule has 120 valence electrons. The number of nitrogens with zero attached hydrogens (tertiary/aromatic N) is 2. The van der Waals surface area contributed by atoms with Gasteiger partial charge in [0.15, 0.2) is 0 Å². The first-order chi connectivity index (χ1) is 11.7. The number of benzene rings is 2. The number of halogens is 1. The van der Waals surface area contributed by atoms with Crippen LogP contribution in [-0.2, 0) is 6.54 Å². The van der Waals surface area contributed by atoms with Crippen molar-refractivity contribution < 1.29 is 4.79 Å². The molecular weight excluding hydrogens is 320 g/mol. The summed E-state index contributed by atoms with van der Waals surface area (Å²) in [6.07, 6.45) is 1.90. The van der Waals surface area contributed by atoms with E-state index in [2.05, 4.69) is 11.1 Å². The van der Waals surface area contributed by atoms with Crippen molar-refractivity contribution in [3.05, 3.63) is 83.5 Å². The molecule has 0 aliphatic carbocycles. The first kappa shape index (κ1) is 15.0. The Balaban J connectivity index is 1.78. The van der Waals surface area contributed by atoms with Gasteiger partial charge in [0, 0.05) is 23.5 Å². The normalized spacial score (nSPS) is 17.1. The standard InChI is InChI=1S/C20H17ClN2O/c1-2-17-13-22(12-14-6-4-3-5-7-14)20(24)19-10-15-8-9-16(21)11-18(15)23(17)19/h2-11,17H,1,12-13H2/t17-/m0/s1. The highest BCUT2D eigenvalue weighted by Crippen LogP contribution is 2.32. The lowest BCUT2D eigenvalue weighted by Gasteiger charge is -2.33. The van der Waals surface area contributed by atoms with Crippen molar-refractivity contribution in [2.45, 2.75) is 12.6 Å². The third-order valence-corrected chi connectivity index (χ3v) is 4.77. The molecule has 0 saturated heterocycles. The Labute approximate surface area is 145 Å². The van der Waals surface area contributed by atoms with Gasteiger partial charge in [-0.05, 0) is 23.8 Å². The zero-order chi connectivity index (χ0) is 16.7. The summed E-state index contributed by atoms with van der Waals surface area (Å²) < 4.78 is 2.05. The van der Waals surface area contributed by atoms with Crippen molar-refractivity contribution in [1.29, 1.82) is 0 Å². The van der Waals surface area contributed by atoms with Crippen LogP contribution < -0.4 is 0 Å². The van der Waals surface area contributed by atoms with Crippen molar-refractivity contribution >= 4 is 28.4 Å². The quantitative estimate of drug-likeness (QED) is 0.638. The van der Waals surface area contributed by atoms with Crippen LogP contribution in [-0.4, -0.2) is 21.9 Å². The Morgan fingerprint density at radius 1 is 1.17 bits per heavy atom. The largest absolute Gasteiger partial charge is 0.331 e. The van der Waals surface area contributed by atoms with Crippen LogP contribution in [0.5, 0.6) is 0 Å². The molecule has 2 aromatic carbocycles. The fourth-order valence-electron chi connectivity index (χ4n) is 3.39. The minimum Gasteiger partial charge on any atom is -0.331 e. The number of carbonyl (C=O) groups excluding carboxylic acids is 1. The van der Waals surface area contributed by atoms with Crippen LogP contribution in [0, 0.1) is 0 Å². The molecule has 1 aromatic heterocycles. The lowest BCUT2D eigenvalue weighted by Crippen LogP contribution is -2.41. The summed E-state index contributed by atoms with van der Waals surface area (Å²) in [7, 11) is 0. The predicted molar refractivity (Wildman–Crippen MR) is 97.4 cm³/mol. The van der Waals surface area contributed by atoms with E-state index in [9.17, 15) is 4.79 Å². The molecule has 0 N–H and O–H groups in total. The fraction of sp³-hybridized carbons (Fsp3) is 0.150. The van der Waals surface area contributed by atoms with Crippen molar-refractivity contribution in [2.24, 2.45) is 0 Å². The molecule has 0 spiro atoms. The SMILES string of the molecule is C=C[C@H]1CN(Cc2ccccc2)C(=O)c2cc3ccc(Cl)cc3n21. The molecule has 3 nitrogen and oxygen atoms in total. The molecule has 0 unspecified atom stereocenters. The van der Waals surface area contributed by atoms with Crippen molar-refractivity contribution in [2.75, 3.05) is 6.54 Å². The van der Waals surface area contributed by atoms with Gasteiger partial charge in [0.25, 0.3) is 5.91 Å². The molecule has 1 aliphatic heterocycles. The van der Waals surface area contributed by atoms with Crippen molar-refractivity contribution in [1.82, 2.24) is 9.47 Å². The van der Waals surface area contributed by atoms with E-state index in [1.54, 1.807) is 0 Å². The second-order valence-corrected chi connectivity index (χ2v) is 6.51. The lowest BCUT2D eigenvalue weighted by atomic mass is 10.1. The maximum absolute atomic E-state index is 13.0. The summed E-state index contributed by atoms with van der Waals surface area (Å²) in [6.45, 7) is 5.18. The summed E-state index contributed by atoms with van der Waals surface area (Å²) in [5.41, 5.74) is 2.80. The van der Waals surface area contributed by atoms with Gasteiger partial charge in [0.05, 0.1) is 11.6 Å². The van der Waals surface area contributed by atoms with E-state index in [0.29, 0.717) is 23.8 Å². The maximum atomic E-state index is 13.0. The average Bonchev–Trinajstić information content (AvgIpc) is 2.97. The molecule has 4 rings (SSSR count). The van der Waals surface area contributed by atoms with Crippen LogP contribution in [0.25, 0.3) is 10.9 Å². The smallest absolute Gasteiger partial charge is 0.270 e. The number of hydrogen-bond acceptors (Lipinski definition) is 1. The molecule has 1 aliphatic rings. The predicted octanol–water partition coefficient (Wildman–Crippen LogP) is 4.68. The maximum Gasteiger partial charge on any atom is 0.270 e. The van der Waals surface area contributed by atoms with Gasteiger partial charge in [-0.15, -0.1) is 6.58 Å². The number of fused-ring (bicyclic) bond motifs is 3. The van der Waals surface area contributed by atoms with Gasteiger partial charge < -0.3 is 9.47 Å². The minimum atomic E-state index is 0.0392. The van der Waals surface area contributed by atoms with Gasteiger partial charge in [-0.3, -0.25) is 4.79 Å². The Kier molecular flexibility index (Phi) is 3.66. The molecular formula is C20H17ClN2O. The van der Waals surface area contributed by atoms with E-state index in [-0.39, 0.29) is 11.9 Å².